The molecule has 2 atom stereocenters. The zero-order chi connectivity index (χ0) is 19.1. The van der Waals surface area contributed by atoms with Gasteiger partial charge in [0.15, 0.2) is 15.0 Å². The minimum Gasteiger partial charge on any atom is -0.314 e. The maximum atomic E-state index is 12.5. The van der Waals surface area contributed by atoms with Gasteiger partial charge in [0.25, 0.3) is 5.91 Å². The van der Waals surface area contributed by atoms with Gasteiger partial charge in [0.1, 0.15) is 0 Å². The molecule has 0 N–H and O–H groups in total. The van der Waals surface area contributed by atoms with Crippen LogP contribution in [0.5, 0.6) is 0 Å². The van der Waals surface area contributed by atoms with E-state index < -0.39 is 9.84 Å². The molecule has 1 aromatic carbocycles. The van der Waals surface area contributed by atoms with E-state index in [0.717, 1.165) is 12.8 Å². The molecular formula is C17H20Cl2N2O3S2. The van der Waals surface area contributed by atoms with E-state index in [1.165, 1.54) is 11.8 Å². The summed E-state index contributed by atoms with van der Waals surface area (Å²) in [5.41, 5.74) is 0.629. The highest BCUT2D eigenvalue weighted by Crippen LogP contribution is 2.43. The van der Waals surface area contributed by atoms with Crippen LogP contribution in [0.4, 0.5) is 5.69 Å². The van der Waals surface area contributed by atoms with E-state index in [1.807, 2.05) is 13.8 Å². The molecule has 3 rings (SSSR count). The van der Waals surface area contributed by atoms with Crippen molar-refractivity contribution in [3.63, 3.8) is 0 Å². The van der Waals surface area contributed by atoms with Crippen molar-refractivity contribution in [3.8, 4) is 0 Å². The maximum Gasteiger partial charge on any atom is 0.251 e. The van der Waals surface area contributed by atoms with Gasteiger partial charge in [-0.1, -0.05) is 48.8 Å². The molecule has 2 aliphatic rings. The van der Waals surface area contributed by atoms with Crippen molar-refractivity contribution in [3.05, 3.63) is 28.2 Å². The number of carbonyl (C=O) groups excluding carboxylic acids is 1. The summed E-state index contributed by atoms with van der Waals surface area (Å²) in [7, 11) is -3.12. The van der Waals surface area contributed by atoms with Gasteiger partial charge in [0.05, 0.1) is 28.3 Å². The second kappa shape index (κ2) is 7.70. The number of halogens is 2. The fraction of sp³-hybridized carbons (Fsp3) is 0.529. The van der Waals surface area contributed by atoms with E-state index in [0.29, 0.717) is 20.9 Å². The van der Waals surface area contributed by atoms with E-state index in [1.54, 1.807) is 23.1 Å². The summed E-state index contributed by atoms with van der Waals surface area (Å²) in [6, 6.07) is 4.78. The molecule has 1 aromatic rings. The van der Waals surface area contributed by atoms with Crippen molar-refractivity contribution in [1.82, 2.24) is 0 Å². The van der Waals surface area contributed by atoms with E-state index in [4.69, 9.17) is 23.2 Å². The number of hydrogen-bond donors (Lipinski definition) is 0. The summed E-state index contributed by atoms with van der Waals surface area (Å²) >= 11 is 13.7. The number of carbonyl (C=O) groups is 1. The minimum absolute atomic E-state index is 0.0296. The lowest BCUT2D eigenvalue weighted by atomic mass is 10.0. The molecule has 0 saturated carbocycles. The van der Waals surface area contributed by atoms with Crippen molar-refractivity contribution < 1.29 is 13.2 Å². The van der Waals surface area contributed by atoms with Crippen molar-refractivity contribution >= 4 is 61.6 Å². The van der Waals surface area contributed by atoms with Crippen LogP contribution in [0.15, 0.2) is 23.2 Å². The van der Waals surface area contributed by atoms with Gasteiger partial charge in [0.2, 0.25) is 0 Å². The molecule has 2 aliphatic heterocycles. The first-order valence-electron chi connectivity index (χ1n) is 8.49. The molecule has 0 spiro atoms. The van der Waals surface area contributed by atoms with Crippen LogP contribution < -0.4 is 4.90 Å². The third-order valence-corrected chi connectivity index (χ3v) is 8.52. The predicted octanol–water partition coefficient (Wildman–Crippen LogP) is 4.03. The lowest BCUT2D eigenvalue weighted by molar-refractivity contribution is -0.121. The molecule has 26 heavy (non-hydrogen) atoms. The van der Waals surface area contributed by atoms with Crippen molar-refractivity contribution in [2.75, 3.05) is 16.4 Å². The van der Waals surface area contributed by atoms with E-state index >= 15 is 0 Å². The Bertz CT molecular complexity index is 854. The Labute approximate surface area is 168 Å². The Kier molecular flexibility index (Phi) is 5.92. The van der Waals surface area contributed by atoms with Gasteiger partial charge in [-0.2, -0.15) is 4.99 Å². The number of thioether (sulfide) groups is 1. The monoisotopic (exact) mass is 434 g/mol. The van der Waals surface area contributed by atoms with Crippen LogP contribution in [0, 0.1) is 5.92 Å². The fourth-order valence-corrected chi connectivity index (χ4v) is 7.76. The third kappa shape index (κ3) is 3.91. The van der Waals surface area contributed by atoms with Crippen molar-refractivity contribution in [1.29, 1.82) is 0 Å². The Morgan fingerprint density at radius 2 is 2.00 bits per heavy atom. The topological polar surface area (TPSA) is 66.8 Å². The average molecular weight is 435 g/mol. The number of amidine groups is 1. The molecule has 2 fully saturated rings. The number of aliphatic imine (C=N–C) groups is 1. The van der Waals surface area contributed by atoms with Gasteiger partial charge < -0.3 is 4.90 Å². The summed E-state index contributed by atoms with van der Waals surface area (Å²) in [5.74, 6) is -0.186. The highest BCUT2D eigenvalue weighted by Gasteiger charge is 2.49. The first kappa shape index (κ1) is 20.0. The summed E-state index contributed by atoms with van der Waals surface area (Å²) in [6.07, 6.45) is 1.44. The molecule has 0 aliphatic carbocycles. The van der Waals surface area contributed by atoms with Crippen LogP contribution in [0.3, 0.4) is 0 Å². The van der Waals surface area contributed by atoms with Gasteiger partial charge in [-0.05, 0) is 31.0 Å². The standard InChI is InChI=1S/C17H20Cl2N2O3S2/c1-3-10(4-2)16(22)20-17-21(13-6-5-11(18)7-12(13)19)14-8-26(23,24)9-15(14)25-17/h5-7,10,14-15H,3-4,8-9H2,1-2H3. The molecule has 5 nitrogen and oxygen atoms in total. The van der Waals surface area contributed by atoms with Crippen molar-refractivity contribution in [2.24, 2.45) is 10.9 Å². The number of amides is 1. The smallest absolute Gasteiger partial charge is 0.251 e. The Balaban J connectivity index is 2.02. The van der Waals surface area contributed by atoms with Gasteiger partial charge in [-0.3, -0.25) is 4.79 Å². The lowest BCUT2D eigenvalue weighted by Crippen LogP contribution is -2.38. The van der Waals surface area contributed by atoms with Gasteiger partial charge in [-0.15, -0.1) is 0 Å². The van der Waals surface area contributed by atoms with E-state index in [2.05, 4.69) is 4.99 Å². The first-order valence-corrected chi connectivity index (χ1v) is 11.9. The molecule has 9 heteroatoms. The molecular weight excluding hydrogens is 415 g/mol. The molecule has 142 valence electrons. The number of nitrogens with zero attached hydrogens (tertiary/aromatic N) is 2. The summed E-state index contributed by atoms with van der Waals surface area (Å²) < 4.78 is 24.2. The Morgan fingerprint density at radius 1 is 1.31 bits per heavy atom. The number of rotatable bonds is 4. The summed E-state index contributed by atoms with van der Waals surface area (Å²) in [5, 5.41) is 1.27. The molecule has 2 unspecified atom stereocenters. The van der Waals surface area contributed by atoms with E-state index in [-0.39, 0.29) is 34.6 Å². The van der Waals surface area contributed by atoms with Crippen LogP contribution >= 0.6 is 35.0 Å². The Hall–Kier alpha value is -0.760. The van der Waals surface area contributed by atoms with E-state index in [9.17, 15) is 13.2 Å². The zero-order valence-electron chi connectivity index (χ0n) is 14.5. The Morgan fingerprint density at radius 3 is 2.62 bits per heavy atom. The van der Waals surface area contributed by atoms with Crippen LogP contribution in [0.25, 0.3) is 0 Å². The molecule has 0 bridgehead atoms. The number of anilines is 1. The maximum absolute atomic E-state index is 12.5. The minimum atomic E-state index is -3.12. The van der Waals surface area contributed by atoms with Crippen molar-refractivity contribution in [2.45, 2.75) is 38.0 Å². The van der Waals surface area contributed by atoms with Crippen LogP contribution in [-0.4, -0.2) is 42.3 Å². The second-order valence-electron chi connectivity index (χ2n) is 6.51. The van der Waals surface area contributed by atoms with Gasteiger partial charge >= 0.3 is 0 Å². The normalized spacial score (nSPS) is 25.9. The average Bonchev–Trinajstić information content (AvgIpc) is 3.00. The first-order chi connectivity index (χ1) is 12.3. The SMILES string of the molecule is CCC(CC)C(=O)N=C1SC2CS(=O)(=O)CC2N1c1ccc(Cl)cc1Cl. The van der Waals surface area contributed by atoms with Crippen LogP contribution in [0.1, 0.15) is 26.7 Å². The number of benzene rings is 1. The molecule has 2 heterocycles. The fourth-order valence-electron chi connectivity index (χ4n) is 3.35. The van der Waals surface area contributed by atoms with Crippen LogP contribution in [-0.2, 0) is 14.6 Å². The lowest BCUT2D eigenvalue weighted by Gasteiger charge is -2.25. The highest BCUT2D eigenvalue weighted by molar-refractivity contribution is 8.16. The highest BCUT2D eigenvalue weighted by atomic mass is 35.5. The van der Waals surface area contributed by atoms with Crippen LogP contribution in [0.2, 0.25) is 10.0 Å². The number of hydrogen-bond acceptors (Lipinski definition) is 4. The van der Waals surface area contributed by atoms with Gasteiger partial charge in [-0.25, -0.2) is 8.42 Å². The molecule has 2 saturated heterocycles. The quantitative estimate of drug-likeness (QED) is 0.715. The zero-order valence-corrected chi connectivity index (χ0v) is 17.6. The van der Waals surface area contributed by atoms with Gasteiger partial charge in [0, 0.05) is 16.2 Å². The molecule has 0 radical (unpaired) electrons. The molecule has 0 aromatic heterocycles. The summed E-state index contributed by atoms with van der Waals surface area (Å²) in [6.45, 7) is 3.92. The number of sulfone groups is 1. The largest absolute Gasteiger partial charge is 0.314 e. The summed E-state index contributed by atoms with van der Waals surface area (Å²) in [4.78, 5) is 18.7. The number of fused-ring (bicyclic) bond motifs is 1. The molecule has 1 amide bonds. The second-order valence-corrected chi connectivity index (χ2v) is 10.7. The predicted molar refractivity (Wildman–Crippen MR) is 109 cm³/mol. The third-order valence-electron chi connectivity index (χ3n) is 4.78.